The van der Waals surface area contributed by atoms with Gasteiger partial charge < -0.3 is 9.32 Å². The van der Waals surface area contributed by atoms with Crippen LogP contribution >= 0.6 is 11.6 Å². The molecule has 0 atom stereocenters. The molecule has 0 aromatic carbocycles. The first-order chi connectivity index (χ1) is 7.19. The Balaban J connectivity index is 2.64. The van der Waals surface area contributed by atoms with Gasteiger partial charge in [0.15, 0.2) is 5.76 Å². The Bertz CT molecular complexity index is 322. The smallest absolute Gasteiger partial charge is 0.289 e. The number of nitrogens with zero attached hydrogens (tertiary/aromatic N) is 1. The number of amides is 1. The van der Waals surface area contributed by atoms with Gasteiger partial charge in [-0.1, -0.05) is 0 Å². The van der Waals surface area contributed by atoms with Gasteiger partial charge in [-0.2, -0.15) is 0 Å². The van der Waals surface area contributed by atoms with Crippen molar-refractivity contribution >= 4 is 17.5 Å². The first kappa shape index (κ1) is 12.1. The highest BCUT2D eigenvalue weighted by Gasteiger charge is 2.16. The molecule has 0 aliphatic carbocycles. The summed E-state index contributed by atoms with van der Waals surface area (Å²) in [7, 11) is 0. The normalized spacial score (nSPS) is 10.3. The summed E-state index contributed by atoms with van der Waals surface area (Å²) in [6, 6.07) is 3.50. The Kier molecular flexibility index (Phi) is 4.69. The molecular weight excluding hydrogens is 214 g/mol. The second-order valence-electron chi connectivity index (χ2n) is 3.34. The van der Waals surface area contributed by atoms with Crippen molar-refractivity contribution in [2.24, 2.45) is 0 Å². The number of carbonyl (C=O) groups is 1. The maximum Gasteiger partial charge on any atom is 0.289 e. The summed E-state index contributed by atoms with van der Waals surface area (Å²) in [4.78, 5) is 13.6. The standard InChI is InChI=1S/C11H16ClNO2/c1-3-13(8-4-7-12)11(14)10-6-5-9(2)15-10/h5-6H,3-4,7-8H2,1-2H3. The third-order valence-electron chi connectivity index (χ3n) is 2.18. The number of furan rings is 1. The first-order valence-electron chi connectivity index (χ1n) is 5.10. The van der Waals surface area contributed by atoms with Crippen LogP contribution in [-0.4, -0.2) is 29.8 Å². The van der Waals surface area contributed by atoms with Crippen LogP contribution in [0.5, 0.6) is 0 Å². The summed E-state index contributed by atoms with van der Waals surface area (Å²) >= 11 is 5.60. The summed E-state index contributed by atoms with van der Waals surface area (Å²) < 4.78 is 5.28. The predicted octanol–water partition coefficient (Wildman–Crippen LogP) is 2.68. The van der Waals surface area contributed by atoms with Gasteiger partial charge in [-0.3, -0.25) is 4.79 Å². The maximum absolute atomic E-state index is 11.9. The molecule has 0 N–H and O–H groups in total. The average Bonchev–Trinajstić information content (AvgIpc) is 2.65. The minimum Gasteiger partial charge on any atom is -0.456 e. The van der Waals surface area contributed by atoms with Gasteiger partial charge in [0.25, 0.3) is 5.91 Å². The van der Waals surface area contributed by atoms with Gasteiger partial charge in [0.2, 0.25) is 0 Å². The molecule has 0 bridgehead atoms. The lowest BCUT2D eigenvalue weighted by Gasteiger charge is -2.18. The molecule has 0 aliphatic heterocycles. The van der Waals surface area contributed by atoms with Crippen LogP contribution in [-0.2, 0) is 0 Å². The van der Waals surface area contributed by atoms with Gasteiger partial charge in [-0.25, -0.2) is 0 Å². The van der Waals surface area contributed by atoms with Crippen LogP contribution in [0, 0.1) is 6.92 Å². The number of hydrogen-bond acceptors (Lipinski definition) is 2. The summed E-state index contributed by atoms with van der Waals surface area (Å²) in [5.74, 6) is 1.67. The molecule has 0 spiro atoms. The monoisotopic (exact) mass is 229 g/mol. The lowest BCUT2D eigenvalue weighted by Crippen LogP contribution is -2.31. The zero-order valence-electron chi connectivity index (χ0n) is 9.12. The molecular formula is C11H16ClNO2. The zero-order chi connectivity index (χ0) is 11.3. The van der Waals surface area contributed by atoms with Crippen LogP contribution in [0.3, 0.4) is 0 Å². The Morgan fingerprint density at radius 3 is 2.73 bits per heavy atom. The van der Waals surface area contributed by atoms with Crippen LogP contribution in [0.1, 0.15) is 29.7 Å². The van der Waals surface area contributed by atoms with Crippen molar-refractivity contribution in [2.45, 2.75) is 20.3 Å². The van der Waals surface area contributed by atoms with E-state index in [9.17, 15) is 4.79 Å². The van der Waals surface area contributed by atoms with Crippen molar-refractivity contribution in [3.63, 3.8) is 0 Å². The molecule has 0 aliphatic rings. The molecule has 0 unspecified atom stereocenters. The highest BCUT2D eigenvalue weighted by atomic mass is 35.5. The maximum atomic E-state index is 11.9. The lowest BCUT2D eigenvalue weighted by atomic mass is 10.3. The van der Waals surface area contributed by atoms with Gasteiger partial charge in [-0.05, 0) is 32.4 Å². The molecule has 1 rings (SSSR count). The molecule has 0 saturated carbocycles. The predicted molar refractivity (Wildman–Crippen MR) is 60.4 cm³/mol. The second kappa shape index (κ2) is 5.81. The molecule has 0 fully saturated rings. The summed E-state index contributed by atoms with van der Waals surface area (Å²) in [5.41, 5.74) is 0. The fraction of sp³-hybridized carbons (Fsp3) is 0.545. The van der Waals surface area contributed by atoms with Crippen LogP contribution in [0.15, 0.2) is 16.5 Å². The Hall–Kier alpha value is -0.960. The van der Waals surface area contributed by atoms with Crippen LogP contribution in [0.25, 0.3) is 0 Å². The number of rotatable bonds is 5. The van der Waals surface area contributed by atoms with E-state index in [2.05, 4.69) is 0 Å². The molecule has 1 aromatic rings. The average molecular weight is 230 g/mol. The quantitative estimate of drug-likeness (QED) is 0.728. The SMILES string of the molecule is CCN(CCCCl)C(=O)c1ccc(C)o1. The van der Waals surface area contributed by atoms with Crippen LogP contribution < -0.4 is 0 Å². The van der Waals surface area contributed by atoms with E-state index in [4.69, 9.17) is 16.0 Å². The fourth-order valence-corrected chi connectivity index (χ4v) is 1.48. The molecule has 1 amide bonds. The minimum atomic E-state index is -0.0595. The highest BCUT2D eigenvalue weighted by molar-refractivity contribution is 6.17. The fourth-order valence-electron chi connectivity index (χ4n) is 1.36. The van der Waals surface area contributed by atoms with Crippen LogP contribution in [0.4, 0.5) is 0 Å². The minimum absolute atomic E-state index is 0.0595. The van der Waals surface area contributed by atoms with Crippen molar-refractivity contribution in [1.29, 1.82) is 0 Å². The molecule has 0 radical (unpaired) electrons. The van der Waals surface area contributed by atoms with E-state index in [1.54, 1.807) is 17.0 Å². The van der Waals surface area contributed by atoms with Gasteiger partial charge in [-0.15, -0.1) is 11.6 Å². The highest BCUT2D eigenvalue weighted by Crippen LogP contribution is 2.10. The number of halogens is 1. The second-order valence-corrected chi connectivity index (χ2v) is 3.72. The van der Waals surface area contributed by atoms with E-state index in [-0.39, 0.29) is 5.91 Å². The molecule has 1 heterocycles. The zero-order valence-corrected chi connectivity index (χ0v) is 9.88. The van der Waals surface area contributed by atoms with Crippen molar-refractivity contribution < 1.29 is 9.21 Å². The first-order valence-corrected chi connectivity index (χ1v) is 5.64. The van der Waals surface area contributed by atoms with E-state index in [0.717, 1.165) is 12.2 Å². The molecule has 15 heavy (non-hydrogen) atoms. The molecule has 3 nitrogen and oxygen atoms in total. The van der Waals surface area contributed by atoms with E-state index in [1.807, 2.05) is 13.8 Å². The number of hydrogen-bond donors (Lipinski definition) is 0. The number of alkyl halides is 1. The molecule has 84 valence electrons. The van der Waals surface area contributed by atoms with Crippen molar-refractivity contribution in [2.75, 3.05) is 19.0 Å². The van der Waals surface area contributed by atoms with Gasteiger partial charge >= 0.3 is 0 Å². The van der Waals surface area contributed by atoms with Gasteiger partial charge in [0.1, 0.15) is 5.76 Å². The lowest BCUT2D eigenvalue weighted by molar-refractivity contribution is 0.0731. The molecule has 0 saturated heterocycles. The van der Waals surface area contributed by atoms with E-state index in [0.29, 0.717) is 24.7 Å². The Morgan fingerprint density at radius 2 is 2.27 bits per heavy atom. The van der Waals surface area contributed by atoms with Gasteiger partial charge in [0, 0.05) is 19.0 Å². The summed E-state index contributed by atoms with van der Waals surface area (Å²) in [5, 5.41) is 0. The molecule has 4 heteroatoms. The summed E-state index contributed by atoms with van der Waals surface area (Å²) in [6.07, 6.45) is 0.806. The number of carbonyl (C=O) groups excluding carboxylic acids is 1. The molecule has 1 aromatic heterocycles. The van der Waals surface area contributed by atoms with Crippen LogP contribution in [0.2, 0.25) is 0 Å². The summed E-state index contributed by atoms with van der Waals surface area (Å²) in [6.45, 7) is 5.13. The third-order valence-corrected chi connectivity index (χ3v) is 2.45. The third kappa shape index (κ3) is 3.27. The van der Waals surface area contributed by atoms with E-state index >= 15 is 0 Å². The van der Waals surface area contributed by atoms with Crippen molar-refractivity contribution in [3.05, 3.63) is 23.7 Å². The Labute approximate surface area is 95.0 Å². The Morgan fingerprint density at radius 1 is 1.53 bits per heavy atom. The van der Waals surface area contributed by atoms with E-state index in [1.165, 1.54) is 0 Å². The largest absolute Gasteiger partial charge is 0.456 e. The van der Waals surface area contributed by atoms with Crippen molar-refractivity contribution in [1.82, 2.24) is 4.90 Å². The van der Waals surface area contributed by atoms with Gasteiger partial charge in [0.05, 0.1) is 0 Å². The topological polar surface area (TPSA) is 33.5 Å². The van der Waals surface area contributed by atoms with E-state index < -0.39 is 0 Å². The van der Waals surface area contributed by atoms with Crippen molar-refractivity contribution in [3.8, 4) is 0 Å². The number of aryl methyl sites for hydroxylation is 1.